The van der Waals surface area contributed by atoms with Gasteiger partial charge in [-0.1, -0.05) is 0 Å². The van der Waals surface area contributed by atoms with Crippen LogP contribution >= 0.6 is 20.2 Å². The molecule has 16 heavy (non-hydrogen) atoms. The number of rotatable bonds is 1. The Balaban J connectivity index is 2.11. The summed E-state index contributed by atoms with van der Waals surface area (Å²) in [5, 5.41) is 0. The van der Waals surface area contributed by atoms with E-state index < -0.39 is 20.2 Å². The van der Waals surface area contributed by atoms with Crippen molar-refractivity contribution < 1.29 is 7.86 Å². The van der Waals surface area contributed by atoms with Gasteiger partial charge in [0.15, 0.2) is 0 Å². The Labute approximate surface area is 101 Å². The molecule has 0 spiro atoms. The van der Waals surface area contributed by atoms with Crippen molar-refractivity contribution in [2.75, 3.05) is 0 Å². The Bertz CT molecular complexity index is 537. The molecule has 2 nitrogen and oxygen atoms in total. The second-order valence-electron chi connectivity index (χ2n) is 3.39. The Morgan fingerprint density at radius 1 is 0.875 bits per heavy atom. The van der Waals surface area contributed by atoms with Crippen LogP contribution in [-0.4, -0.2) is 5.97 Å². The van der Waals surface area contributed by atoms with Crippen molar-refractivity contribution in [2.24, 2.45) is 0 Å². The molecule has 0 atom stereocenters. The van der Waals surface area contributed by atoms with E-state index in [1.807, 2.05) is 54.6 Å². The molecule has 0 N–H and O–H groups in total. The molecule has 0 aliphatic carbocycles. The molecule has 0 saturated carbocycles. The van der Waals surface area contributed by atoms with Gasteiger partial charge in [-0.25, -0.2) is 0 Å². The fourth-order valence-electron chi connectivity index (χ4n) is 1.62. The predicted octanol–water partition coefficient (Wildman–Crippen LogP) is 3.32. The molecule has 2 aromatic rings. The summed E-state index contributed by atoms with van der Waals surface area (Å²) in [4.78, 5) is 11.7. The molecule has 3 heteroatoms. The maximum absolute atomic E-state index is 11.7. The van der Waals surface area contributed by atoms with E-state index in [0.29, 0.717) is 0 Å². The van der Waals surface area contributed by atoms with Crippen LogP contribution in [0.15, 0.2) is 54.6 Å². The number of halogens is 1. The quantitative estimate of drug-likeness (QED) is 0.752. The van der Waals surface area contributed by atoms with Crippen LogP contribution < -0.4 is 0 Å². The van der Waals surface area contributed by atoms with E-state index in [9.17, 15) is 4.79 Å². The standard InChI is InChI=1S/C13H9IO2/c15-13-11-8-4-5-9-12(11)14(16-13)10-6-2-1-3-7-10/h1-9H. The molecule has 3 rings (SSSR count). The summed E-state index contributed by atoms with van der Waals surface area (Å²) >= 11 is -1.94. The zero-order valence-corrected chi connectivity index (χ0v) is 10.5. The molecule has 1 aliphatic heterocycles. The molecule has 1 heterocycles. The summed E-state index contributed by atoms with van der Waals surface area (Å²) < 4.78 is 7.82. The molecule has 0 radical (unpaired) electrons. The normalized spacial score (nSPS) is 15.8. The van der Waals surface area contributed by atoms with Gasteiger partial charge in [-0.2, -0.15) is 0 Å². The zero-order chi connectivity index (χ0) is 11.0. The van der Waals surface area contributed by atoms with E-state index in [2.05, 4.69) is 0 Å². The fraction of sp³-hybridized carbons (Fsp3) is 0. The number of hydrogen-bond donors (Lipinski definition) is 0. The second kappa shape index (κ2) is 3.90. The Morgan fingerprint density at radius 2 is 1.56 bits per heavy atom. The van der Waals surface area contributed by atoms with Crippen LogP contribution in [0.2, 0.25) is 0 Å². The van der Waals surface area contributed by atoms with Gasteiger partial charge in [-0.05, 0) is 0 Å². The van der Waals surface area contributed by atoms with Crippen LogP contribution in [0.1, 0.15) is 10.4 Å². The van der Waals surface area contributed by atoms with E-state index in [0.717, 1.165) is 9.13 Å². The first kappa shape index (κ1) is 9.84. The zero-order valence-electron chi connectivity index (χ0n) is 8.39. The number of benzene rings is 2. The number of carbonyl (C=O) groups excluding carboxylic acids is 1. The van der Waals surface area contributed by atoms with Gasteiger partial charge in [0, 0.05) is 0 Å². The van der Waals surface area contributed by atoms with Gasteiger partial charge < -0.3 is 0 Å². The first-order valence-corrected chi connectivity index (χ1v) is 7.97. The summed E-state index contributed by atoms with van der Waals surface area (Å²) in [6, 6.07) is 17.7. The summed E-state index contributed by atoms with van der Waals surface area (Å²) in [5.41, 5.74) is 0.747. The Hall–Kier alpha value is -1.36. The van der Waals surface area contributed by atoms with Gasteiger partial charge in [0.1, 0.15) is 0 Å². The number of hydrogen-bond acceptors (Lipinski definition) is 2. The Kier molecular flexibility index (Phi) is 2.40. The van der Waals surface area contributed by atoms with Crippen LogP contribution in [0.5, 0.6) is 0 Å². The third kappa shape index (κ3) is 1.51. The monoisotopic (exact) mass is 324 g/mol. The van der Waals surface area contributed by atoms with Crippen LogP contribution in [-0.2, 0) is 3.07 Å². The van der Waals surface area contributed by atoms with E-state index >= 15 is 0 Å². The van der Waals surface area contributed by atoms with Gasteiger partial charge in [-0.3, -0.25) is 0 Å². The van der Waals surface area contributed by atoms with Crippen molar-refractivity contribution >= 4 is 26.2 Å². The van der Waals surface area contributed by atoms with Crippen molar-refractivity contribution in [1.29, 1.82) is 0 Å². The molecule has 0 bridgehead atoms. The molecule has 2 aromatic carbocycles. The summed E-state index contributed by atoms with van der Waals surface area (Å²) in [5.74, 6) is -0.162. The molecule has 0 amide bonds. The molecule has 1 aliphatic rings. The van der Waals surface area contributed by atoms with Gasteiger partial charge in [0.05, 0.1) is 0 Å². The van der Waals surface area contributed by atoms with Crippen LogP contribution in [0.25, 0.3) is 0 Å². The van der Waals surface area contributed by atoms with Crippen molar-refractivity contribution in [3.05, 3.63) is 67.3 Å². The van der Waals surface area contributed by atoms with Crippen molar-refractivity contribution in [3.8, 4) is 0 Å². The number of carbonyl (C=O) groups is 1. The third-order valence-electron chi connectivity index (χ3n) is 2.36. The summed E-state index contributed by atoms with van der Waals surface area (Å²) in [6.07, 6.45) is 0. The van der Waals surface area contributed by atoms with Gasteiger partial charge in [-0.15, -0.1) is 0 Å². The molecule has 0 unspecified atom stereocenters. The number of fused-ring (bicyclic) bond motifs is 1. The predicted molar refractivity (Wildman–Crippen MR) is 69.7 cm³/mol. The molecule has 0 fully saturated rings. The second-order valence-corrected chi connectivity index (χ2v) is 7.66. The van der Waals surface area contributed by atoms with Crippen LogP contribution in [0, 0.1) is 7.14 Å². The molecule has 0 aromatic heterocycles. The molecule has 80 valence electrons. The van der Waals surface area contributed by atoms with Crippen LogP contribution in [0.4, 0.5) is 0 Å². The SMILES string of the molecule is O=C1OI(c2ccccc2)c2ccccc21. The van der Waals surface area contributed by atoms with Gasteiger partial charge in [0.25, 0.3) is 0 Å². The van der Waals surface area contributed by atoms with Crippen molar-refractivity contribution in [1.82, 2.24) is 0 Å². The average molecular weight is 324 g/mol. The molecule has 0 saturated heterocycles. The first-order chi connectivity index (χ1) is 7.86. The summed E-state index contributed by atoms with van der Waals surface area (Å²) in [6.45, 7) is 0. The minimum atomic E-state index is -1.94. The van der Waals surface area contributed by atoms with Crippen molar-refractivity contribution in [3.63, 3.8) is 0 Å². The third-order valence-corrected chi connectivity index (χ3v) is 7.04. The van der Waals surface area contributed by atoms with E-state index in [1.165, 1.54) is 3.57 Å². The summed E-state index contributed by atoms with van der Waals surface area (Å²) in [7, 11) is 0. The Morgan fingerprint density at radius 3 is 2.38 bits per heavy atom. The van der Waals surface area contributed by atoms with Crippen molar-refractivity contribution in [2.45, 2.75) is 0 Å². The topological polar surface area (TPSA) is 26.3 Å². The van der Waals surface area contributed by atoms with Gasteiger partial charge in [0.2, 0.25) is 0 Å². The first-order valence-electron chi connectivity index (χ1n) is 4.93. The maximum atomic E-state index is 11.7. The molecular formula is C13H9IO2. The average Bonchev–Trinajstić information content (AvgIpc) is 2.69. The van der Waals surface area contributed by atoms with Crippen LogP contribution in [0.3, 0.4) is 0 Å². The minimum absolute atomic E-state index is 0.162. The fourth-order valence-corrected chi connectivity index (χ4v) is 5.95. The van der Waals surface area contributed by atoms with E-state index in [1.54, 1.807) is 0 Å². The van der Waals surface area contributed by atoms with E-state index in [4.69, 9.17) is 3.07 Å². The molecular weight excluding hydrogens is 315 g/mol. The van der Waals surface area contributed by atoms with Gasteiger partial charge >= 0.3 is 101 Å². The van der Waals surface area contributed by atoms with E-state index in [-0.39, 0.29) is 5.97 Å².